The molecule has 0 spiro atoms. The van der Waals surface area contributed by atoms with Crippen LogP contribution in [0.25, 0.3) is 0 Å². The minimum Gasteiger partial charge on any atom is -0.462 e. The molecule has 0 aliphatic carbocycles. The number of thiophene rings is 1. The van der Waals surface area contributed by atoms with Gasteiger partial charge in [-0.05, 0) is 27.3 Å². The third-order valence-electron chi connectivity index (χ3n) is 2.78. The third-order valence-corrected chi connectivity index (χ3v) is 5.03. The molecule has 0 fully saturated rings. The molecule has 0 bridgehead atoms. The Morgan fingerprint density at radius 3 is 2.50 bits per heavy atom. The van der Waals surface area contributed by atoms with Gasteiger partial charge in [-0.3, -0.25) is 0 Å². The molecule has 0 aromatic carbocycles. The molecular weight excluding hydrogens is 294 g/mol. The molecule has 20 heavy (non-hydrogen) atoms. The number of anilines is 2. The number of nitrogens with two attached hydrogens (primary N) is 1. The standard InChI is InChI=1S/C13H23N3O2S2/c1-6-18-13(17)11-9(14)10(19-5)12(20-11)16(4)8-7-15(2)3/h6-8,14H2,1-5H3. The van der Waals surface area contributed by atoms with E-state index in [0.717, 1.165) is 23.0 Å². The fourth-order valence-electron chi connectivity index (χ4n) is 1.66. The molecule has 1 heterocycles. The lowest BCUT2D eigenvalue weighted by molar-refractivity contribution is 0.0533. The van der Waals surface area contributed by atoms with Gasteiger partial charge >= 0.3 is 5.97 Å². The molecule has 0 saturated heterocycles. The van der Waals surface area contributed by atoms with E-state index in [1.807, 2.05) is 27.4 Å². The van der Waals surface area contributed by atoms with Crippen LogP contribution >= 0.6 is 23.1 Å². The Labute approximate surface area is 129 Å². The van der Waals surface area contributed by atoms with Gasteiger partial charge in [0, 0.05) is 20.1 Å². The van der Waals surface area contributed by atoms with Crippen LogP contribution in [-0.4, -0.2) is 58.0 Å². The normalized spacial score (nSPS) is 10.9. The topological polar surface area (TPSA) is 58.8 Å². The van der Waals surface area contributed by atoms with Gasteiger partial charge in [-0.25, -0.2) is 4.79 Å². The number of ether oxygens (including phenoxy) is 1. The number of hydrogen-bond acceptors (Lipinski definition) is 7. The van der Waals surface area contributed by atoms with Crippen molar-refractivity contribution in [3.63, 3.8) is 0 Å². The average molecular weight is 317 g/mol. The van der Waals surface area contributed by atoms with Gasteiger partial charge in [0.15, 0.2) is 0 Å². The van der Waals surface area contributed by atoms with E-state index < -0.39 is 0 Å². The molecular formula is C13H23N3O2S2. The van der Waals surface area contributed by atoms with E-state index in [0.29, 0.717) is 17.2 Å². The molecule has 7 heteroatoms. The predicted molar refractivity (Wildman–Crippen MR) is 88.3 cm³/mol. The van der Waals surface area contributed by atoms with Gasteiger partial charge in [0.05, 0.1) is 17.2 Å². The van der Waals surface area contributed by atoms with Crippen molar-refractivity contribution in [2.24, 2.45) is 0 Å². The van der Waals surface area contributed by atoms with Crippen LogP contribution in [0.2, 0.25) is 0 Å². The van der Waals surface area contributed by atoms with Crippen molar-refractivity contribution in [3.05, 3.63) is 4.88 Å². The largest absolute Gasteiger partial charge is 0.462 e. The fraction of sp³-hybridized carbons (Fsp3) is 0.615. The number of carbonyl (C=O) groups is 1. The Morgan fingerprint density at radius 2 is 2.00 bits per heavy atom. The Hall–Kier alpha value is -0.920. The maximum atomic E-state index is 11.9. The highest BCUT2D eigenvalue weighted by atomic mass is 32.2. The van der Waals surface area contributed by atoms with Gasteiger partial charge in [0.2, 0.25) is 0 Å². The second-order valence-corrected chi connectivity index (χ2v) is 6.44. The summed E-state index contributed by atoms with van der Waals surface area (Å²) in [7, 11) is 6.09. The molecule has 1 aromatic heterocycles. The van der Waals surface area contributed by atoms with E-state index in [1.54, 1.807) is 18.7 Å². The summed E-state index contributed by atoms with van der Waals surface area (Å²) >= 11 is 2.97. The Morgan fingerprint density at radius 1 is 1.35 bits per heavy atom. The van der Waals surface area contributed by atoms with E-state index in [2.05, 4.69) is 9.80 Å². The van der Waals surface area contributed by atoms with Crippen LogP contribution in [0.3, 0.4) is 0 Å². The Kier molecular flexibility index (Phi) is 6.64. The van der Waals surface area contributed by atoms with Crippen LogP contribution in [-0.2, 0) is 4.74 Å². The lowest BCUT2D eigenvalue weighted by atomic mass is 10.4. The predicted octanol–water partition coefficient (Wildman–Crippen LogP) is 2.23. The zero-order chi connectivity index (χ0) is 15.3. The SMILES string of the molecule is CCOC(=O)c1sc(N(C)CCN(C)C)c(SC)c1N. The van der Waals surface area contributed by atoms with Crippen molar-refractivity contribution < 1.29 is 9.53 Å². The zero-order valence-corrected chi connectivity index (χ0v) is 14.4. The number of likely N-dealkylation sites (N-methyl/N-ethyl adjacent to an activating group) is 2. The summed E-state index contributed by atoms with van der Waals surface area (Å²) in [5.74, 6) is -0.336. The summed E-state index contributed by atoms with van der Waals surface area (Å²) in [5.41, 5.74) is 6.63. The molecule has 0 unspecified atom stereocenters. The second kappa shape index (κ2) is 7.75. The van der Waals surface area contributed by atoms with Crippen molar-refractivity contribution >= 4 is 39.8 Å². The van der Waals surface area contributed by atoms with Gasteiger partial charge in [0.1, 0.15) is 9.88 Å². The minimum absolute atomic E-state index is 0.336. The first-order chi connectivity index (χ1) is 9.42. The highest BCUT2D eigenvalue weighted by Crippen LogP contribution is 2.43. The fourth-order valence-corrected chi connectivity index (χ4v) is 3.75. The highest BCUT2D eigenvalue weighted by molar-refractivity contribution is 7.99. The van der Waals surface area contributed by atoms with Crippen LogP contribution in [0.5, 0.6) is 0 Å². The molecule has 0 aliphatic heterocycles. The first kappa shape index (κ1) is 17.1. The number of carbonyl (C=O) groups excluding carboxylic acids is 1. The molecule has 1 rings (SSSR count). The van der Waals surface area contributed by atoms with Gasteiger partial charge in [-0.1, -0.05) is 0 Å². The number of hydrogen-bond donors (Lipinski definition) is 1. The zero-order valence-electron chi connectivity index (χ0n) is 12.7. The van der Waals surface area contributed by atoms with Crippen LogP contribution in [0.4, 0.5) is 10.7 Å². The van der Waals surface area contributed by atoms with Gasteiger partial charge in [-0.15, -0.1) is 23.1 Å². The van der Waals surface area contributed by atoms with E-state index in [1.165, 1.54) is 11.3 Å². The van der Waals surface area contributed by atoms with E-state index >= 15 is 0 Å². The highest BCUT2D eigenvalue weighted by Gasteiger charge is 2.23. The minimum atomic E-state index is -0.336. The number of nitrogens with zero attached hydrogens (tertiary/aromatic N) is 2. The monoisotopic (exact) mass is 317 g/mol. The van der Waals surface area contributed by atoms with Gasteiger partial charge < -0.3 is 20.3 Å². The first-order valence-corrected chi connectivity index (χ1v) is 8.45. The molecule has 0 radical (unpaired) electrons. The maximum Gasteiger partial charge on any atom is 0.350 e. The summed E-state index contributed by atoms with van der Waals surface area (Å²) in [6.07, 6.45) is 1.97. The van der Waals surface area contributed by atoms with E-state index in [9.17, 15) is 4.79 Å². The third kappa shape index (κ3) is 4.04. The summed E-state index contributed by atoms with van der Waals surface area (Å²) in [6, 6.07) is 0. The second-order valence-electron chi connectivity index (χ2n) is 4.63. The van der Waals surface area contributed by atoms with Gasteiger partial charge in [-0.2, -0.15) is 0 Å². The van der Waals surface area contributed by atoms with E-state index in [-0.39, 0.29) is 5.97 Å². The molecule has 0 atom stereocenters. The molecule has 1 aromatic rings. The quantitative estimate of drug-likeness (QED) is 0.615. The number of nitrogen functional groups attached to an aromatic ring is 1. The maximum absolute atomic E-state index is 11.9. The number of thioether (sulfide) groups is 1. The van der Waals surface area contributed by atoms with Crippen molar-refractivity contribution in [1.82, 2.24) is 4.90 Å². The average Bonchev–Trinajstić information content (AvgIpc) is 2.73. The molecule has 0 aliphatic rings. The Balaban J connectivity index is 3.01. The number of esters is 1. The van der Waals surface area contributed by atoms with Crippen LogP contribution in [0.1, 0.15) is 16.6 Å². The molecule has 0 amide bonds. The van der Waals surface area contributed by atoms with Crippen molar-refractivity contribution in [1.29, 1.82) is 0 Å². The molecule has 0 saturated carbocycles. The summed E-state index contributed by atoms with van der Waals surface area (Å²) < 4.78 is 5.06. The summed E-state index contributed by atoms with van der Waals surface area (Å²) in [6.45, 7) is 3.97. The summed E-state index contributed by atoms with van der Waals surface area (Å²) in [4.78, 5) is 17.6. The van der Waals surface area contributed by atoms with Crippen LogP contribution in [0, 0.1) is 0 Å². The van der Waals surface area contributed by atoms with Crippen LogP contribution in [0.15, 0.2) is 4.90 Å². The first-order valence-electron chi connectivity index (χ1n) is 6.41. The van der Waals surface area contributed by atoms with Crippen molar-refractivity contribution in [3.8, 4) is 0 Å². The smallest absolute Gasteiger partial charge is 0.350 e. The van der Waals surface area contributed by atoms with E-state index in [4.69, 9.17) is 10.5 Å². The number of rotatable bonds is 7. The molecule has 2 N–H and O–H groups in total. The Bertz CT molecular complexity index is 461. The lowest BCUT2D eigenvalue weighted by Crippen LogP contribution is -2.28. The van der Waals surface area contributed by atoms with Gasteiger partial charge in [0.25, 0.3) is 0 Å². The van der Waals surface area contributed by atoms with Crippen molar-refractivity contribution in [2.45, 2.75) is 11.8 Å². The van der Waals surface area contributed by atoms with Crippen molar-refractivity contribution in [2.75, 3.05) is 57.7 Å². The van der Waals surface area contributed by atoms with Crippen LogP contribution < -0.4 is 10.6 Å². The summed E-state index contributed by atoms with van der Waals surface area (Å²) in [5, 5.41) is 1.03. The lowest BCUT2D eigenvalue weighted by Gasteiger charge is -2.21. The molecule has 5 nitrogen and oxygen atoms in total. The molecule has 114 valence electrons.